The summed E-state index contributed by atoms with van der Waals surface area (Å²) in [5.74, 6) is 3.82. The zero-order chi connectivity index (χ0) is 22.5. The third-order valence-electron chi connectivity index (χ3n) is 5.54. The van der Waals surface area contributed by atoms with Crippen molar-refractivity contribution in [2.24, 2.45) is 0 Å². The zero-order valence-corrected chi connectivity index (χ0v) is 19.1. The molecule has 3 aromatic rings. The molecule has 0 fully saturated rings. The molecule has 1 amide bonds. The number of nitrogens with zero attached hydrogens (tertiary/aromatic N) is 1. The fraction of sp³-hybridized carbons (Fsp3) is 0.320. The van der Waals surface area contributed by atoms with Crippen LogP contribution in [-0.2, 0) is 11.2 Å². The normalized spacial score (nSPS) is 15.3. The van der Waals surface area contributed by atoms with E-state index in [2.05, 4.69) is 10.9 Å². The van der Waals surface area contributed by atoms with Crippen LogP contribution in [0.5, 0.6) is 5.75 Å². The Morgan fingerprint density at radius 2 is 2.03 bits per heavy atom. The second-order valence-corrected chi connectivity index (χ2v) is 8.40. The molecule has 1 aromatic heterocycles. The predicted molar refractivity (Wildman–Crippen MR) is 128 cm³/mol. The molecule has 0 bridgehead atoms. The first kappa shape index (κ1) is 22.4. The molecule has 0 radical (unpaired) electrons. The second-order valence-electron chi connectivity index (χ2n) is 7.58. The highest BCUT2D eigenvalue weighted by Gasteiger charge is 2.35. The smallest absolute Gasteiger partial charge is 0.410 e. The van der Waals surface area contributed by atoms with Gasteiger partial charge in [0.1, 0.15) is 18.4 Å². The Bertz CT molecular complexity index is 1130. The van der Waals surface area contributed by atoms with Crippen molar-refractivity contribution in [1.82, 2.24) is 9.88 Å². The van der Waals surface area contributed by atoms with Crippen molar-refractivity contribution in [3.05, 3.63) is 64.3 Å². The molecule has 1 atom stereocenters. The van der Waals surface area contributed by atoms with Crippen molar-refractivity contribution >= 4 is 40.2 Å². The minimum atomic E-state index is -0.380. The van der Waals surface area contributed by atoms with Crippen LogP contribution in [0.1, 0.15) is 35.7 Å². The van der Waals surface area contributed by atoms with Crippen LogP contribution < -0.4 is 4.74 Å². The Kier molecular flexibility index (Phi) is 7.14. The summed E-state index contributed by atoms with van der Waals surface area (Å²) in [4.78, 5) is 18.2. The first-order valence-electron chi connectivity index (χ1n) is 10.6. The quantitative estimate of drug-likeness (QED) is 0.264. The van der Waals surface area contributed by atoms with Crippen molar-refractivity contribution < 1.29 is 14.3 Å². The van der Waals surface area contributed by atoms with Gasteiger partial charge in [0.2, 0.25) is 0 Å². The Morgan fingerprint density at radius 3 is 2.78 bits per heavy atom. The fourth-order valence-corrected chi connectivity index (χ4v) is 4.36. The summed E-state index contributed by atoms with van der Waals surface area (Å²) in [5.41, 5.74) is 4.09. The number of amides is 1. The number of carbonyl (C=O) groups excluding carboxylic acids is 1. The van der Waals surface area contributed by atoms with Crippen LogP contribution in [0.4, 0.5) is 4.79 Å². The average molecular weight is 471 g/mol. The lowest BCUT2D eigenvalue weighted by atomic mass is 9.92. The Hall–Kier alpha value is -2.81. The first-order valence-corrected chi connectivity index (χ1v) is 11.5. The number of benzene rings is 2. The molecule has 1 aliphatic rings. The molecular weight excluding hydrogens is 447 g/mol. The highest BCUT2D eigenvalue weighted by Crippen LogP contribution is 2.39. The van der Waals surface area contributed by atoms with E-state index in [4.69, 9.17) is 39.1 Å². The number of halogens is 2. The van der Waals surface area contributed by atoms with Gasteiger partial charge in [-0.1, -0.05) is 23.7 Å². The Morgan fingerprint density at radius 1 is 1.22 bits per heavy atom. The minimum absolute atomic E-state index is 0.196. The highest BCUT2D eigenvalue weighted by atomic mass is 35.5. The van der Waals surface area contributed by atoms with E-state index in [0.29, 0.717) is 36.9 Å². The molecule has 0 aliphatic carbocycles. The topological polar surface area (TPSA) is 54.6 Å². The minimum Gasteiger partial charge on any atom is -0.494 e. The van der Waals surface area contributed by atoms with E-state index in [1.54, 1.807) is 4.90 Å². The monoisotopic (exact) mass is 470 g/mol. The summed E-state index contributed by atoms with van der Waals surface area (Å²) in [5, 5.41) is 1.77. The van der Waals surface area contributed by atoms with Gasteiger partial charge in [0.25, 0.3) is 0 Å². The van der Waals surface area contributed by atoms with Gasteiger partial charge in [-0.3, -0.25) is 4.90 Å². The second kappa shape index (κ2) is 10.2. The molecule has 4 rings (SSSR count). The van der Waals surface area contributed by atoms with E-state index < -0.39 is 0 Å². The predicted octanol–water partition coefficient (Wildman–Crippen LogP) is 5.94. The summed E-state index contributed by atoms with van der Waals surface area (Å²) in [7, 11) is 0. The Balaban J connectivity index is 1.69. The molecule has 2 heterocycles. The van der Waals surface area contributed by atoms with Crippen molar-refractivity contribution in [2.75, 3.05) is 25.6 Å². The summed E-state index contributed by atoms with van der Waals surface area (Å²) in [6.45, 7) is 1.29. The highest BCUT2D eigenvalue weighted by molar-refractivity contribution is 6.31. The molecule has 1 aliphatic heterocycles. The average Bonchev–Trinajstić information content (AvgIpc) is 3.17. The molecular formula is C25H24Cl2N2O3. The number of ether oxygens (including phenoxy) is 2. The number of carbonyl (C=O) groups is 1. The number of H-pyrrole nitrogens is 1. The molecule has 2 aromatic carbocycles. The number of aromatic amines is 1. The number of hydrogen-bond acceptors (Lipinski definition) is 3. The first-order chi connectivity index (χ1) is 15.6. The lowest BCUT2D eigenvalue weighted by molar-refractivity contribution is 0.0907. The standard InChI is InChI=1S/C25H24Cl2N2O3/c1-2-3-14-32-25(30)29-13-11-20-21-16-18(27)7-10-22(21)28-23(20)24(29)17-5-8-19(9-6-17)31-15-4-12-26/h1,5-10,16,24,28H,3-4,11-15H2. The molecule has 0 spiro atoms. The lowest BCUT2D eigenvalue weighted by Gasteiger charge is -2.35. The van der Waals surface area contributed by atoms with Gasteiger partial charge < -0.3 is 14.5 Å². The number of fused-ring (bicyclic) bond motifs is 3. The van der Waals surface area contributed by atoms with Gasteiger partial charge >= 0.3 is 6.09 Å². The van der Waals surface area contributed by atoms with Crippen LogP contribution in [0.15, 0.2) is 42.5 Å². The Labute approximate surface area is 197 Å². The maximum absolute atomic E-state index is 12.9. The molecule has 0 saturated carbocycles. The van der Waals surface area contributed by atoms with Crippen LogP contribution in [0.25, 0.3) is 10.9 Å². The van der Waals surface area contributed by atoms with E-state index in [-0.39, 0.29) is 18.7 Å². The number of hydrogen-bond donors (Lipinski definition) is 1. The lowest BCUT2D eigenvalue weighted by Crippen LogP contribution is -2.41. The molecule has 0 saturated heterocycles. The van der Waals surface area contributed by atoms with Crippen molar-refractivity contribution in [3.63, 3.8) is 0 Å². The SMILES string of the molecule is C#CCCOC(=O)N1CCc2c([nH]c3ccc(Cl)cc23)C1c1ccc(OCCCCl)cc1. The summed E-state index contributed by atoms with van der Waals surface area (Å²) < 4.78 is 11.2. The van der Waals surface area contributed by atoms with Crippen molar-refractivity contribution in [2.45, 2.75) is 25.3 Å². The number of alkyl halides is 1. The molecule has 32 heavy (non-hydrogen) atoms. The van der Waals surface area contributed by atoms with E-state index in [9.17, 15) is 4.79 Å². The summed E-state index contributed by atoms with van der Waals surface area (Å²) in [6, 6.07) is 13.3. The van der Waals surface area contributed by atoms with E-state index in [0.717, 1.165) is 34.3 Å². The molecule has 1 unspecified atom stereocenters. The summed E-state index contributed by atoms with van der Waals surface area (Å²) >= 11 is 12.0. The van der Waals surface area contributed by atoms with Gasteiger partial charge in [-0.2, -0.15) is 0 Å². The van der Waals surface area contributed by atoms with Crippen LogP contribution >= 0.6 is 23.2 Å². The molecule has 7 heteroatoms. The molecule has 166 valence electrons. The third kappa shape index (κ3) is 4.67. The summed E-state index contributed by atoms with van der Waals surface area (Å²) in [6.07, 6.45) is 6.79. The van der Waals surface area contributed by atoms with Gasteiger partial charge in [-0.25, -0.2) is 4.79 Å². The number of rotatable bonds is 7. The number of aromatic nitrogens is 1. The van der Waals surface area contributed by atoms with Crippen molar-refractivity contribution in [1.29, 1.82) is 0 Å². The van der Waals surface area contributed by atoms with Crippen LogP contribution in [0.3, 0.4) is 0 Å². The molecule has 1 N–H and O–H groups in total. The maximum Gasteiger partial charge on any atom is 0.410 e. The van der Waals surface area contributed by atoms with Crippen LogP contribution in [0, 0.1) is 12.3 Å². The molecule has 5 nitrogen and oxygen atoms in total. The van der Waals surface area contributed by atoms with Gasteiger partial charge in [-0.15, -0.1) is 23.9 Å². The van der Waals surface area contributed by atoms with Gasteiger partial charge in [0.05, 0.1) is 6.61 Å². The van der Waals surface area contributed by atoms with Gasteiger partial charge in [-0.05, 0) is 54.3 Å². The maximum atomic E-state index is 12.9. The van der Waals surface area contributed by atoms with Crippen LogP contribution in [-0.4, -0.2) is 41.6 Å². The van der Waals surface area contributed by atoms with Gasteiger partial charge in [0, 0.05) is 40.5 Å². The van der Waals surface area contributed by atoms with Crippen LogP contribution in [0.2, 0.25) is 5.02 Å². The number of nitrogens with one attached hydrogen (secondary N) is 1. The fourth-order valence-electron chi connectivity index (χ4n) is 4.08. The van der Waals surface area contributed by atoms with E-state index in [1.165, 1.54) is 5.56 Å². The van der Waals surface area contributed by atoms with Gasteiger partial charge in [0.15, 0.2) is 0 Å². The van der Waals surface area contributed by atoms with E-state index >= 15 is 0 Å². The van der Waals surface area contributed by atoms with E-state index in [1.807, 2.05) is 42.5 Å². The van der Waals surface area contributed by atoms with Crippen molar-refractivity contribution in [3.8, 4) is 18.1 Å². The third-order valence-corrected chi connectivity index (χ3v) is 6.04. The number of terminal acetylenes is 1. The zero-order valence-electron chi connectivity index (χ0n) is 17.6. The largest absolute Gasteiger partial charge is 0.494 e.